The quantitative estimate of drug-likeness (QED) is 0.485. The van der Waals surface area contributed by atoms with Gasteiger partial charge in [0.2, 0.25) is 0 Å². The Kier molecular flexibility index (Phi) is 4.53. The van der Waals surface area contributed by atoms with E-state index in [0.717, 1.165) is 13.1 Å². The van der Waals surface area contributed by atoms with E-state index < -0.39 is 8.07 Å². The molecule has 0 rings (SSSR count). The average molecular weight is 189 g/mol. The first-order valence-corrected chi connectivity index (χ1v) is 8.27. The zero-order chi connectivity index (χ0) is 9.07. The summed E-state index contributed by atoms with van der Waals surface area (Å²) in [5.74, 6) is 0. The second-order valence-electron chi connectivity index (χ2n) is 3.77. The van der Waals surface area contributed by atoms with Crippen molar-refractivity contribution in [3.8, 4) is 0 Å². The number of hydrogen-bond acceptors (Lipinski definition) is 0. The highest BCUT2D eigenvalue weighted by atomic mass is 31.0. The molecule has 0 N–H and O–H groups in total. The zero-order valence-electron chi connectivity index (χ0n) is 8.36. The first-order valence-electron chi connectivity index (χ1n) is 4.27. The lowest BCUT2D eigenvalue weighted by molar-refractivity contribution is 0.479. The van der Waals surface area contributed by atoms with E-state index in [0.29, 0.717) is 0 Å². The smallest absolute Gasteiger partial charge is 0.0966 e. The van der Waals surface area contributed by atoms with Crippen molar-refractivity contribution in [3.05, 3.63) is 0 Å². The van der Waals surface area contributed by atoms with Gasteiger partial charge in [-0.2, -0.15) is 0 Å². The van der Waals surface area contributed by atoms with E-state index in [4.69, 9.17) is 0 Å². The van der Waals surface area contributed by atoms with Crippen molar-refractivity contribution in [3.63, 3.8) is 0 Å². The van der Waals surface area contributed by atoms with Crippen molar-refractivity contribution in [1.29, 1.82) is 0 Å². The van der Waals surface area contributed by atoms with E-state index in [-0.39, 0.29) is 0 Å². The van der Waals surface area contributed by atoms with E-state index in [1.54, 1.807) is 0 Å². The minimum atomic E-state index is -1.11. The molecular formula is C8H20NPSi. The predicted molar refractivity (Wildman–Crippen MR) is 59.6 cm³/mol. The van der Waals surface area contributed by atoms with Gasteiger partial charge in [0.05, 0.1) is 8.07 Å². The van der Waals surface area contributed by atoms with Crippen LogP contribution in [0.15, 0.2) is 0 Å². The Morgan fingerprint density at radius 1 is 1.18 bits per heavy atom. The lowest BCUT2D eigenvalue weighted by Gasteiger charge is -2.29. The summed E-state index contributed by atoms with van der Waals surface area (Å²) in [7, 11) is 2.63. The molecule has 0 fully saturated rings. The van der Waals surface area contributed by atoms with Crippen molar-refractivity contribution >= 4 is 22.0 Å². The molecule has 0 aliphatic carbocycles. The summed E-state index contributed by atoms with van der Waals surface area (Å²) in [6.45, 7) is 13.7. The fourth-order valence-corrected chi connectivity index (χ4v) is 2.60. The molecule has 0 amide bonds. The molecule has 0 saturated carbocycles. The number of rotatable bonds is 4. The third kappa shape index (κ3) is 3.50. The van der Waals surface area contributed by atoms with Crippen molar-refractivity contribution in [1.82, 2.24) is 4.90 Å². The molecule has 0 aromatic rings. The zero-order valence-corrected chi connectivity index (χ0v) is 10.4. The molecule has 1 nitrogen and oxygen atoms in total. The van der Waals surface area contributed by atoms with Gasteiger partial charge in [0, 0.05) is 0 Å². The fourth-order valence-electron chi connectivity index (χ4n) is 1.01. The first-order chi connectivity index (χ1) is 4.93. The minimum Gasteiger partial charge on any atom is -0.279 e. The van der Waals surface area contributed by atoms with Gasteiger partial charge in [-0.1, -0.05) is 33.5 Å². The lowest BCUT2D eigenvalue weighted by Crippen LogP contribution is -2.45. The van der Waals surface area contributed by atoms with Gasteiger partial charge in [0.1, 0.15) is 0 Å². The summed E-state index contributed by atoms with van der Waals surface area (Å²) in [6, 6.07) is 0. The number of nitrogens with zero attached hydrogens (tertiary/aromatic N) is 1. The molecule has 0 bridgehead atoms. The van der Waals surface area contributed by atoms with Gasteiger partial charge in [-0.3, -0.25) is 4.90 Å². The van der Waals surface area contributed by atoms with Gasteiger partial charge >= 0.3 is 0 Å². The highest BCUT2D eigenvalue weighted by molar-refractivity contribution is 7.37. The molecule has 0 spiro atoms. The van der Waals surface area contributed by atoms with Gasteiger partial charge in [0.15, 0.2) is 0 Å². The largest absolute Gasteiger partial charge is 0.279 e. The average Bonchev–Trinajstić information content (AvgIpc) is 1.88. The molecule has 0 aromatic heterocycles. The summed E-state index contributed by atoms with van der Waals surface area (Å²) in [5.41, 5.74) is 0. The van der Waals surface area contributed by atoms with E-state index >= 15 is 0 Å². The van der Waals surface area contributed by atoms with Gasteiger partial charge < -0.3 is 0 Å². The van der Waals surface area contributed by atoms with Crippen LogP contribution < -0.4 is 0 Å². The summed E-state index contributed by atoms with van der Waals surface area (Å²) in [6.07, 6.45) is 0. The Bertz CT molecular complexity index is 136. The SMILES string of the molecule is CCN(CC)C(=P)[Si](C)(C)C. The van der Waals surface area contributed by atoms with Crippen LogP contribution in [0.3, 0.4) is 0 Å². The van der Waals surface area contributed by atoms with Crippen molar-refractivity contribution in [2.75, 3.05) is 13.1 Å². The minimum absolute atomic E-state index is 1.11. The van der Waals surface area contributed by atoms with Gasteiger partial charge in [-0.05, 0) is 18.1 Å². The van der Waals surface area contributed by atoms with Crippen LogP contribution in [0.5, 0.6) is 0 Å². The maximum absolute atomic E-state index is 3.74. The molecule has 0 radical (unpaired) electrons. The maximum Gasteiger partial charge on any atom is 0.0966 e. The van der Waals surface area contributed by atoms with Crippen LogP contribution in [-0.4, -0.2) is 31.1 Å². The second kappa shape index (κ2) is 4.39. The Hall–Kier alpha value is 0.347. The molecule has 0 atom stereocenters. The van der Waals surface area contributed by atoms with Crippen molar-refractivity contribution in [2.24, 2.45) is 0 Å². The maximum atomic E-state index is 3.74. The van der Waals surface area contributed by atoms with E-state index in [1.165, 1.54) is 5.04 Å². The highest BCUT2D eigenvalue weighted by Gasteiger charge is 2.21. The molecule has 0 unspecified atom stereocenters. The summed E-state index contributed by atoms with van der Waals surface area (Å²) < 4.78 is 0. The van der Waals surface area contributed by atoms with Gasteiger partial charge in [-0.15, -0.1) is 8.86 Å². The molecule has 11 heavy (non-hydrogen) atoms. The molecular weight excluding hydrogens is 169 g/mol. The molecule has 66 valence electrons. The molecule has 0 heterocycles. The van der Waals surface area contributed by atoms with Crippen molar-refractivity contribution < 1.29 is 0 Å². The second-order valence-corrected chi connectivity index (χ2v) is 9.72. The first kappa shape index (κ1) is 11.3. The highest BCUT2D eigenvalue weighted by Crippen LogP contribution is 2.09. The summed E-state index contributed by atoms with van der Waals surface area (Å²) in [5, 5.41) is 1.43. The Balaban J connectivity index is 4.22. The molecule has 0 aromatic carbocycles. The standard InChI is InChI=1S/C8H20NPSi/c1-6-9(7-2)8(10)11(3,4)5/h10H,6-7H2,1-5H3. The van der Waals surface area contributed by atoms with E-state index in [1.807, 2.05) is 0 Å². The van der Waals surface area contributed by atoms with Gasteiger partial charge in [0.25, 0.3) is 0 Å². The van der Waals surface area contributed by atoms with Gasteiger partial charge in [-0.25, -0.2) is 0 Å². The Morgan fingerprint density at radius 3 is 1.64 bits per heavy atom. The van der Waals surface area contributed by atoms with E-state index in [9.17, 15) is 0 Å². The Morgan fingerprint density at radius 2 is 1.55 bits per heavy atom. The Labute approximate surface area is 74.0 Å². The normalized spacial score (nSPS) is 12.2. The fraction of sp³-hybridized carbons (Fsp3) is 0.875. The molecule has 0 saturated heterocycles. The molecule has 3 heteroatoms. The molecule has 0 aliphatic heterocycles. The summed E-state index contributed by atoms with van der Waals surface area (Å²) >= 11 is 0. The van der Waals surface area contributed by atoms with Crippen molar-refractivity contribution in [2.45, 2.75) is 33.5 Å². The summed E-state index contributed by atoms with van der Waals surface area (Å²) in [4.78, 5) is 2.39. The van der Waals surface area contributed by atoms with Crippen LogP contribution >= 0.6 is 8.86 Å². The topological polar surface area (TPSA) is 3.24 Å². The monoisotopic (exact) mass is 189 g/mol. The third-order valence-electron chi connectivity index (χ3n) is 1.79. The predicted octanol–water partition coefficient (Wildman–Crippen LogP) is 2.48. The van der Waals surface area contributed by atoms with Crippen LogP contribution in [0.2, 0.25) is 19.6 Å². The van der Waals surface area contributed by atoms with Crippen LogP contribution in [0, 0.1) is 0 Å². The van der Waals surface area contributed by atoms with Crippen LogP contribution in [0.4, 0.5) is 0 Å². The molecule has 0 aliphatic rings. The van der Waals surface area contributed by atoms with Crippen LogP contribution in [0.25, 0.3) is 0 Å². The lowest BCUT2D eigenvalue weighted by atomic mass is 10.6. The van der Waals surface area contributed by atoms with Crippen LogP contribution in [-0.2, 0) is 0 Å². The number of hydrogen-bond donors (Lipinski definition) is 0. The van der Waals surface area contributed by atoms with E-state index in [2.05, 4.69) is 47.3 Å². The van der Waals surface area contributed by atoms with Crippen LogP contribution in [0.1, 0.15) is 13.8 Å². The third-order valence-corrected chi connectivity index (χ3v) is 6.09.